The Morgan fingerprint density at radius 1 is 0.742 bits per heavy atom. The van der Waals surface area contributed by atoms with Gasteiger partial charge in [0.2, 0.25) is 15.7 Å². The zero-order valence-electron chi connectivity index (χ0n) is 17.0. The van der Waals surface area contributed by atoms with Crippen molar-refractivity contribution in [2.24, 2.45) is 0 Å². The highest BCUT2D eigenvalue weighted by Gasteiger charge is 2.26. The van der Waals surface area contributed by atoms with Crippen LogP contribution < -0.4 is 5.32 Å². The van der Waals surface area contributed by atoms with Crippen molar-refractivity contribution in [1.82, 2.24) is 5.32 Å². The highest BCUT2D eigenvalue weighted by molar-refractivity contribution is 8.22. The van der Waals surface area contributed by atoms with Crippen molar-refractivity contribution in [3.63, 3.8) is 0 Å². The van der Waals surface area contributed by atoms with Gasteiger partial charge in [-0.1, -0.05) is 78.9 Å². The Balaban J connectivity index is 2.01. The molecule has 0 radical (unpaired) electrons. The normalized spacial score (nSPS) is 11.0. The van der Waals surface area contributed by atoms with E-state index in [-0.39, 0.29) is 9.92 Å². The van der Waals surface area contributed by atoms with Crippen LogP contribution in [0.25, 0.3) is 0 Å². The van der Waals surface area contributed by atoms with E-state index in [4.69, 9.17) is 0 Å². The maximum Gasteiger partial charge on any atom is 0.223 e. The lowest BCUT2D eigenvalue weighted by Gasteiger charge is -2.16. The number of thioether (sulfide) groups is 2. The van der Waals surface area contributed by atoms with Crippen molar-refractivity contribution in [2.75, 3.05) is 0 Å². The second kappa shape index (κ2) is 11.2. The van der Waals surface area contributed by atoms with Crippen molar-refractivity contribution >= 4 is 39.3 Å². The first-order valence-electron chi connectivity index (χ1n) is 9.62. The molecule has 0 aromatic heterocycles. The summed E-state index contributed by atoms with van der Waals surface area (Å²) in [5.41, 5.74) is 2.15. The maximum atomic E-state index is 13.4. The minimum absolute atomic E-state index is 0.0620. The number of carbonyl (C=O) groups is 1. The number of sulfone groups is 1. The second-order valence-electron chi connectivity index (χ2n) is 6.66. The summed E-state index contributed by atoms with van der Waals surface area (Å²) in [6.45, 7) is 1.32. The molecule has 0 aliphatic rings. The lowest BCUT2D eigenvalue weighted by molar-refractivity contribution is -0.118. The van der Waals surface area contributed by atoms with Gasteiger partial charge in [-0.15, -0.1) is 23.5 Å². The summed E-state index contributed by atoms with van der Waals surface area (Å²) in [6.07, 6.45) is 0. The van der Waals surface area contributed by atoms with Crippen LogP contribution in [0, 0.1) is 0 Å². The molecule has 0 saturated carbocycles. The molecule has 0 aliphatic heterocycles. The van der Waals surface area contributed by atoms with E-state index >= 15 is 0 Å². The smallest absolute Gasteiger partial charge is 0.223 e. The van der Waals surface area contributed by atoms with Gasteiger partial charge in [0, 0.05) is 18.4 Å². The Kier molecular flexibility index (Phi) is 8.40. The van der Waals surface area contributed by atoms with Crippen molar-refractivity contribution < 1.29 is 13.2 Å². The van der Waals surface area contributed by atoms with Gasteiger partial charge in [0.05, 0.1) is 9.13 Å². The van der Waals surface area contributed by atoms with Gasteiger partial charge in [-0.25, -0.2) is 8.42 Å². The molecule has 7 heteroatoms. The average Bonchev–Trinajstić information content (AvgIpc) is 2.80. The minimum atomic E-state index is -3.90. The molecule has 0 bridgehead atoms. The maximum absolute atomic E-state index is 13.4. The van der Waals surface area contributed by atoms with Crippen LogP contribution in [0.5, 0.6) is 0 Å². The molecule has 1 N–H and O–H groups in total. The summed E-state index contributed by atoms with van der Waals surface area (Å²) in [5, 5.41) is 2.54. The van der Waals surface area contributed by atoms with E-state index in [1.165, 1.54) is 30.4 Å². The summed E-state index contributed by atoms with van der Waals surface area (Å²) >= 11 is 2.83. The van der Waals surface area contributed by atoms with Crippen LogP contribution in [0.1, 0.15) is 18.1 Å². The number of carbonyl (C=O) groups excluding carboxylic acids is 1. The first-order chi connectivity index (χ1) is 15.0. The third kappa shape index (κ3) is 6.75. The van der Waals surface area contributed by atoms with Crippen LogP contribution in [0.15, 0.2) is 105 Å². The summed E-state index contributed by atoms with van der Waals surface area (Å²) in [7, 11) is -3.90. The third-order valence-electron chi connectivity index (χ3n) is 4.22. The molecule has 160 valence electrons. The molecule has 0 aliphatic carbocycles. The molecule has 31 heavy (non-hydrogen) atoms. The summed E-state index contributed by atoms with van der Waals surface area (Å²) in [6, 6.07) is 27.9. The van der Waals surface area contributed by atoms with E-state index in [1.807, 2.05) is 60.7 Å². The molecule has 0 saturated heterocycles. The molecular weight excluding hydrogens is 446 g/mol. The molecule has 3 rings (SSSR count). The van der Waals surface area contributed by atoms with Crippen LogP contribution in [-0.4, -0.2) is 14.3 Å². The Bertz CT molecular complexity index is 1080. The molecule has 0 spiro atoms. The molecule has 0 atom stereocenters. The van der Waals surface area contributed by atoms with Crippen molar-refractivity contribution in [3.8, 4) is 0 Å². The molecule has 3 aromatic rings. The number of rotatable bonds is 9. The van der Waals surface area contributed by atoms with Crippen molar-refractivity contribution in [1.29, 1.82) is 0 Å². The van der Waals surface area contributed by atoms with E-state index in [2.05, 4.69) is 5.32 Å². The fourth-order valence-electron chi connectivity index (χ4n) is 2.72. The number of hydrogen-bond acceptors (Lipinski definition) is 5. The Morgan fingerprint density at radius 2 is 1.16 bits per heavy atom. The standard InChI is InChI=1S/C24H23NO3S3/c1-19(26)25-23(31(27,28)22-15-9-4-10-16-22)24(29-17-20-11-5-2-6-12-20)30-18-21-13-7-3-8-14-21/h2-16H,17-18H2,1H3,(H,25,26). The topological polar surface area (TPSA) is 63.2 Å². The Hall–Kier alpha value is -2.48. The van der Waals surface area contributed by atoms with Crippen LogP contribution in [0.4, 0.5) is 0 Å². The highest BCUT2D eigenvalue weighted by Crippen LogP contribution is 2.38. The molecule has 4 nitrogen and oxygen atoms in total. The predicted molar refractivity (Wildman–Crippen MR) is 130 cm³/mol. The van der Waals surface area contributed by atoms with Crippen LogP contribution in [-0.2, 0) is 26.1 Å². The molecule has 0 unspecified atom stereocenters. The molecule has 3 aromatic carbocycles. The number of hydrogen-bond donors (Lipinski definition) is 1. The van der Waals surface area contributed by atoms with Gasteiger partial charge in [-0.2, -0.15) is 0 Å². The van der Waals surface area contributed by atoms with Crippen LogP contribution in [0.2, 0.25) is 0 Å². The van der Waals surface area contributed by atoms with E-state index in [9.17, 15) is 13.2 Å². The molecule has 1 amide bonds. The van der Waals surface area contributed by atoms with E-state index in [0.29, 0.717) is 15.7 Å². The van der Waals surface area contributed by atoms with Crippen molar-refractivity contribution in [2.45, 2.75) is 23.3 Å². The molecule has 0 fully saturated rings. The Morgan fingerprint density at radius 3 is 1.58 bits per heavy atom. The van der Waals surface area contributed by atoms with Gasteiger partial charge in [-0.3, -0.25) is 4.79 Å². The quantitative estimate of drug-likeness (QED) is 0.443. The van der Waals surface area contributed by atoms with Crippen LogP contribution in [0.3, 0.4) is 0 Å². The number of nitrogens with one attached hydrogen (secondary N) is 1. The van der Waals surface area contributed by atoms with Gasteiger partial charge in [0.1, 0.15) is 0 Å². The fraction of sp³-hybridized carbons (Fsp3) is 0.125. The number of amides is 1. The SMILES string of the molecule is CC(=O)NC(=C(SCc1ccccc1)SCc1ccccc1)S(=O)(=O)c1ccccc1. The minimum Gasteiger partial charge on any atom is -0.315 e. The summed E-state index contributed by atoms with van der Waals surface area (Å²) in [4.78, 5) is 12.1. The first kappa shape index (κ1) is 23.2. The average molecular weight is 470 g/mol. The largest absolute Gasteiger partial charge is 0.315 e. The lowest BCUT2D eigenvalue weighted by Crippen LogP contribution is -2.26. The second-order valence-corrected chi connectivity index (χ2v) is 10.8. The van der Waals surface area contributed by atoms with Gasteiger partial charge in [0.15, 0.2) is 5.03 Å². The van der Waals surface area contributed by atoms with Gasteiger partial charge in [-0.05, 0) is 23.3 Å². The fourth-order valence-corrected chi connectivity index (χ4v) is 7.02. The third-order valence-corrected chi connectivity index (χ3v) is 8.81. The summed E-state index contributed by atoms with van der Waals surface area (Å²) in [5.74, 6) is 0.754. The predicted octanol–water partition coefficient (Wildman–Crippen LogP) is 5.59. The van der Waals surface area contributed by atoms with Crippen molar-refractivity contribution in [3.05, 3.63) is 111 Å². The van der Waals surface area contributed by atoms with Crippen LogP contribution >= 0.6 is 23.5 Å². The van der Waals surface area contributed by atoms with E-state index in [0.717, 1.165) is 11.1 Å². The highest BCUT2D eigenvalue weighted by atomic mass is 32.2. The number of benzene rings is 3. The Labute approximate surface area is 192 Å². The van der Waals surface area contributed by atoms with Gasteiger partial charge >= 0.3 is 0 Å². The van der Waals surface area contributed by atoms with E-state index in [1.54, 1.807) is 30.3 Å². The van der Waals surface area contributed by atoms with E-state index < -0.39 is 15.7 Å². The molecule has 0 heterocycles. The zero-order valence-corrected chi connectivity index (χ0v) is 19.5. The summed E-state index contributed by atoms with van der Waals surface area (Å²) < 4.78 is 27.4. The molecular formula is C24H23NO3S3. The first-order valence-corrected chi connectivity index (χ1v) is 13.1. The monoisotopic (exact) mass is 469 g/mol. The van der Waals surface area contributed by atoms with Gasteiger partial charge < -0.3 is 5.32 Å². The van der Waals surface area contributed by atoms with Gasteiger partial charge in [0.25, 0.3) is 0 Å². The lowest BCUT2D eigenvalue weighted by atomic mass is 10.2. The zero-order chi connectivity index (χ0) is 22.1.